The predicted molar refractivity (Wildman–Crippen MR) is 99.8 cm³/mol. The molecule has 0 bridgehead atoms. The van der Waals surface area contributed by atoms with E-state index in [1.54, 1.807) is 30.3 Å². The van der Waals surface area contributed by atoms with Crippen molar-refractivity contribution in [3.63, 3.8) is 0 Å². The Morgan fingerprint density at radius 2 is 1.26 bits per heavy atom. The van der Waals surface area contributed by atoms with Gasteiger partial charge in [-0.25, -0.2) is 35.6 Å². The van der Waals surface area contributed by atoms with Crippen molar-refractivity contribution >= 4 is 34.9 Å². The van der Waals surface area contributed by atoms with Crippen LogP contribution in [0, 0.1) is 0 Å². The van der Waals surface area contributed by atoms with Crippen molar-refractivity contribution in [2.45, 2.75) is 11.3 Å². The first kappa shape index (κ1) is 37.4. The van der Waals surface area contributed by atoms with E-state index in [0.29, 0.717) is 5.75 Å². The predicted octanol–water partition coefficient (Wildman–Crippen LogP) is 3.59. The molecule has 2 aromatic rings. The maximum atomic E-state index is 12.4. The number of hydrogen-bond donors (Lipinski definition) is 0. The zero-order valence-electron chi connectivity index (χ0n) is 16.7. The third-order valence-corrected chi connectivity index (χ3v) is 3.89. The van der Waals surface area contributed by atoms with Crippen molar-refractivity contribution in [1.29, 1.82) is 0 Å². The first-order chi connectivity index (χ1) is 15.4. The monoisotopic (exact) mass is 569 g/mol. The zero-order valence-corrected chi connectivity index (χ0v) is 21.5. The molecule has 0 saturated carbocycles. The van der Waals surface area contributed by atoms with E-state index in [1.165, 1.54) is 12.1 Å². The smallest absolute Gasteiger partial charge is 0.414 e. The molecular weight excluding hydrogens is 557 g/mol. The molecule has 7 nitrogen and oxygen atoms in total. The van der Waals surface area contributed by atoms with Crippen LogP contribution in [0.3, 0.4) is 0 Å². The maximum absolute atomic E-state index is 12.4. The summed E-state index contributed by atoms with van der Waals surface area (Å²) in [6.45, 7) is -1.75. The van der Waals surface area contributed by atoms with Crippen LogP contribution in [0.5, 0.6) is 5.75 Å². The summed E-state index contributed by atoms with van der Waals surface area (Å²) in [5.41, 5.74) is -0.200. The van der Waals surface area contributed by atoms with Gasteiger partial charge in [-0.1, -0.05) is 30.3 Å². The Kier molecular flexibility index (Phi) is 26.0. The molecule has 0 amide bonds. The Bertz CT molecular complexity index is 848. The van der Waals surface area contributed by atoms with Gasteiger partial charge >= 0.3 is 64.0 Å². The van der Waals surface area contributed by atoms with Crippen LogP contribution in [0.2, 0.25) is 0 Å². The van der Waals surface area contributed by atoms with E-state index in [-0.39, 0.29) is 61.8 Å². The number of para-hydroxylation sites is 1. The summed E-state index contributed by atoms with van der Waals surface area (Å²) in [5, 5.41) is 0. The summed E-state index contributed by atoms with van der Waals surface area (Å²) in [6, 6.07) is 12.9. The van der Waals surface area contributed by atoms with E-state index < -0.39 is 48.3 Å². The van der Waals surface area contributed by atoms with Gasteiger partial charge in [-0.05, 0) is 24.3 Å². The van der Waals surface area contributed by atoms with Gasteiger partial charge in [-0.3, -0.25) is 0 Å². The van der Waals surface area contributed by atoms with Crippen molar-refractivity contribution in [3.8, 4) is 5.75 Å². The number of nitrogens with zero attached hydrogens (tertiary/aromatic N) is 1. The topological polar surface area (TPSA) is 101 Å². The van der Waals surface area contributed by atoms with Gasteiger partial charge in [0, 0.05) is 5.56 Å². The molecule has 18 heteroatoms. The van der Waals surface area contributed by atoms with Gasteiger partial charge in [0.05, 0.1) is 4.90 Å². The second-order valence-corrected chi connectivity index (χ2v) is 6.26. The fourth-order valence-corrected chi connectivity index (χ4v) is 2.56. The molecule has 0 heterocycles. The van der Waals surface area contributed by atoms with Crippen LogP contribution in [-0.4, -0.2) is 27.9 Å². The van der Waals surface area contributed by atoms with Gasteiger partial charge in [-0.2, -0.15) is 0 Å². The second kappa shape index (κ2) is 23.6. The molecule has 0 aliphatic carbocycles. The summed E-state index contributed by atoms with van der Waals surface area (Å²) < 4.78 is 115. The largest absolute Gasteiger partial charge is 1.00 e. The van der Waals surface area contributed by atoms with Crippen molar-refractivity contribution in [3.05, 3.63) is 65.0 Å². The number of halogens is 8. The standard InChI is InChI=1S/C13H10F2NO4S2.2CF2O.CH2F2.K/c14-13(15)10-6-8-12(9-7-10)21(17)20-16-22(18)19-11-4-2-1-3-5-11;2*2-1(3)4;2-1-3;/h1-9,13H;;;1H2;/q-1;;;;+1. The minimum atomic E-state index is -2.83. The fraction of sp³-hybridized carbons (Fsp3) is 0.125. The number of hydrogen-bond acceptors (Lipinski definition) is 6. The van der Waals surface area contributed by atoms with Gasteiger partial charge in [0.15, 0.2) is 11.1 Å². The van der Waals surface area contributed by atoms with E-state index >= 15 is 0 Å². The molecule has 2 atom stereocenters. The van der Waals surface area contributed by atoms with E-state index in [0.717, 1.165) is 12.1 Å². The van der Waals surface area contributed by atoms with Crippen LogP contribution >= 0.6 is 0 Å². The number of carbonyl (C=O) groups excluding carboxylic acids is 2. The third kappa shape index (κ3) is 24.0. The van der Waals surface area contributed by atoms with Gasteiger partial charge in [0.1, 0.15) is 17.0 Å². The van der Waals surface area contributed by atoms with Crippen molar-refractivity contribution < 1.29 is 113 Å². The van der Waals surface area contributed by atoms with Crippen LogP contribution in [0.4, 0.5) is 44.7 Å². The minimum absolute atomic E-state index is 0. The van der Waals surface area contributed by atoms with E-state index in [1.807, 2.05) is 0 Å². The first-order valence-electron chi connectivity index (χ1n) is 7.60. The molecule has 0 spiro atoms. The normalized spacial score (nSPS) is 11.0. The Morgan fingerprint density at radius 1 is 0.853 bits per heavy atom. The Labute approximate surface area is 235 Å². The van der Waals surface area contributed by atoms with Crippen LogP contribution in [0.1, 0.15) is 12.0 Å². The Balaban J connectivity index is -0.000000676. The van der Waals surface area contributed by atoms with Crippen LogP contribution in [0.25, 0.3) is 4.89 Å². The minimum Gasteiger partial charge on any atom is -0.414 e. The summed E-state index contributed by atoms with van der Waals surface area (Å²) in [6.07, 6.45) is -8.28. The van der Waals surface area contributed by atoms with Crippen molar-refractivity contribution in [2.24, 2.45) is 0 Å². The molecular formula is C16H12F8KNO6S2. The first-order valence-corrected chi connectivity index (χ1v) is 9.70. The van der Waals surface area contributed by atoms with Crippen molar-refractivity contribution in [2.75, 3.05) is 6.93 Å². The molecule has 2 aromatic carbocycles. The SMILES string of the molecule is FCF.O=C(F)F.O=C(F)F.O=S([N-]OS(=O)c1ccc(C(F)F)cc1)Oc1ccccc1.[K+]. The summed E-state index contributed by atoms with van der Waals surface area (Å²) in [5.74, 6) is 0.306. The maximum Gasteiger partial charge on any atom is 1.00 e. The van der Waals surface area contributed by atoms with Crippen molar-refractivity contribution in [1.82, 2.24) is 0 Å². The van der Waals surface area contributed by atoms with Crippen LogP contribution < -0.4 is 55.6 Å². The molecule has 0 fully saturated rings. The second-order valence-electron chi connectivity index (χ2n) is 4.42. The molecule has 0 N–H and O–H groups in total. The summed E-state index contributed by atoms with van der Waals surface area (Å²) in [7, 11) is 0. The summed E-state index contributed by atoms with van der Waals surface area (Å²) >= 11 is -4.26. The number of alkyl halides is 4. The molecule has 2 unspecified atom stereocenters. The van der Waals surface area contributed by atoms with E-state index in [9.17, 15) is 43.5 Å². The van der Waals surface area contributed by atoms with Gasteiger partial charge < -0.3 is 13.4 Å². The fourth-order valence-electron chi connectivity index (χ4n) is 1.39. The average molecular weight is 569 g/mol. The average Bonchev–Trinajstić information content (AvgIpc) is 2.72. The molecule has 34 heavy (non-hydrogen) atoms. The van der Waals surface area contributed by atoms with Gasteiger partial charge in [0.2, 0.25) is 6.93 Å². The number of rotatable bonds is 7. The molecule has 0 aromatic heterocycles. The Morgan fingerprint density at radius 3 is 1.65 bits per heavy atom. The zero-order chi connectivity index (χ0) is 25.8. The molecule has 2 rings (SSSR count). The van der Waals surface area contributed by atoms with Gasteiger partial charge in [0.25, 0.3) is 6.43 Å². The summed E-state index contributed by atoms with van der Waals surface area (Å²) in [4.78, 5) is 19.5. The van der Waals surface area contributed by atoms with Gasteiger partial charge in [-0.15, -0.1) is 17.6 Å². The molecule has 186 valence electrons. The van der Waals surface area contributed by atoms with Crippen LogP contribution in [0.15, 0.2) is 59.5 Å². The number of carbonyl (C=O) groups is 2. The molecule has 0 saturated heterocycles. The van der Waals surface area contributed by atoms with E-state index in [2.05, 4.69) is 9.17 Å². The van der Waals surface area contributed by atoms with Crippen LogP contribution in [-0.2, 0) is 26.6 Å². The quantitative estimate of drug-likeness (QED) is 0.219. The van der Waals surface area contributed by atoms with E-state index in [4.69, 9.17) is 13.8 Å². The number of benzene rings is 2. The Hall–Kier alpha value is -1.12. The third-order valence-electron chi connectivity index (χ3n) is 2.39. The molecule has 0 aliphatic heterocycles. The molecule has 0 radical (unpaired) electrons. The molecule has 0 aliphatic rings.